The van der Waals surface area contributed by atoms with Crippen molar-refractivity contribution in [3.63, 3.8) is 0 Å². The Kier molecular flexibility index (Phi) is 6.85. The molecule has 25 heavy (non-hydrogen) atoms. The lowest BCUT2D eigenvalue weighted by Crippen LogP contribution is -2.19. The first kappa shape index (κ1) is 19.7. The third-order valence-electron chi connectivity index (χ3n) is 4.86. The van der Waals surface area contributed by atoms with Crippen molar-refractivity contribution in [3.05, 3.63) is 42.0 Å². The summed E-state index contributed by atoms with van der Waals surface area (Å²) in [6.07, 6.45) is 4.71. The molecular formula is C19H23F5O. The Hall–Kier alpha value is -1.59. The van der Waals surface area contributed by atoms with Crippen LogP contribution in [0.1, 0.15) is 50.5 Å². The van der Waals surface area contributed by atoms with Crippen LogP contribution < -0.4 is 4.74 Å². The van der Waals surface area contributed by atoms with E-state index in [9.17, 15) is 22.0 Å². The van der Waals surface area contributed by atoms with Crippen LogP contribution in [0.3, 0.4) is 0 Å². The Labute approximate surface area is 144 Å². The molecule has 0 radical (unpaired) electrons. The first-order valence-electron chi connectivity index (χ1n) is 8.63. The predicted octanol–water partition coefficient (Wildman–Crippen LogP) is 6.57. The number of hydrogen-bond acceptors (Lipinski definition) is 1. The van der Waals surface area contributed by atoms with Gasteiger partial charge in [0.1, 0.15) is 0 Å². The summed E-state index contributed by atoms with van der Waals surface area (Å²) >= 11 is 0. The molecule has 1 saturated carbocycles. The lowest BCUT2D eigenvalue weighted by Gasteiger charge is -2.28. The molecule has 1 nitrogen and oxygen atoms in total. The second-order valence-corrected chi connectivity index (χ2v) is 6.73. The van der Waals surface area contributed by atoms with E-state index in [-0.39, 0.29) is 0 Å². The zero-order valence-electron chi connectivity index (χ0n) is 14.0. The molecule has 0 aliphatic heterocycles. The summed E-state index contributed by atoms with van der Waals surface area (Å²) in [5.41, 5.74) is 0.360. The maximum Gasteiger partial charge on any atom is 0.573 e. The Bertz CT molecular complexity index is 551. The summed E-state index contributed by atoms with van der Waals surface area (Å²) in [6, 6.07) is 1.86. The Morgan fingerprint density at radius 3 is 2.00 bits per heavy atom. The van der Waals surface area contributed by atoms with Crippen LogP contribution >= 0.6 is 0 Å². The monoisotopic (exact) mass is 362 g/mol. The van der Waals surface area contributed by atoms with E-state index < -0.39 is 23.7 Å². The molecule has 0 N–H and O–H groups in total. The normalized spacial score (nSPS) is 21.2. The van der Waals surface area contributed by atoms with E-state index in [0.29, 0.717) is 17.9 Å². The average molecular weight is 362 g/mol. The van der Waals surface area contributed by atoms with Crippen LogP contribution in [0.4, 0.5) is 22.0 Å². The quantitative estimate of drug-likeness (QED) is 0.394. The molecule has 1 fully saturated rings. The third-order valence-corrected chi connectivity index (χ3v) is 4.86. The largest absolute Gasteiger partial charge is 0.573 e. The molecule has 0 bridgehead atoms. The van der Waals surface area contributed by atoms with E-state index in [4.69, 9.17) is 0 Å². The molecule has 0 atom stereocenters. The molecule has 140 valence electrons. The number of allylic oxidation sites excluding steroid dienone is 1. The third kappa shape index (κ3) is 6.33. The van der Waals surface area contributed by atoms with Crippen LogP contribution in [0.2, 0.25) is 0 Å². The van der Waals surface area contributed by atoms with Gasteiger partial charge in [0.25, 0.3) is 0 Å². The van der Waals surface area contributed by atoms with E-state index >= 15 is 0 Å². The molecule has 1 aliphatic carbocycles. The number of rotatable bonds is 7. The van der Waals surface area contributed by atoms with Gasteiger partial charge in [-0.2, -0.15) is 0 Å². The van der Waals surface area contributed by atoms with E-state index in [1.807, 2.05) is 6.08 Å². The second kappa shape index (κ2) is 8.68. The Balaban J connectivity index is 1.86. The van der Waals surface area contributed by atoms with Gasteiger partial charge in [-0.25, -0.2) is 8.78 Å². The zero-order valence-corrected chi connectivity index (χ0v) is 14.0. The van der Waals surface area contributed by atoms with Crippen molar-refractivity contribution >= 4 is 0 Å². The lowest BCUT2D eigenvalue weighted by atomic mass is 9.78. The number of alkyl halides is 3. The van der Waals surface area contributed by atoms with Gasteiger partial charge in [-0.3, -0.25) is 0 Å². The van der Waals surface area contributed by atoms with Gasteiger partial charge in [0.05, 0.1) is 0 Å². The summed E-state index contributed by atoms with van der Waals surface area (Å²) in [7, 11) is 0. The van der Waals surface area contributed by atoms with Crippen molar-refractivity contribution in [3.8, 4) is 5.75 Å². The molecule has 0 spiro atoms. The number of halogens is 5. The van der Waals surface area contributed by atoms with E-state index in [1.54, 1.807) is 0 Å². The van der Waals surface area contributed by atoms with Crippen LogP contribution in [0, 0.1) is 23.5 Å². The highest BCUT2D eigenvalue weighted by Crippen LogP contribution is 2.35. The van der Waals surface area contributed by atoms with Crippen LogP contribution in [0.15, 0.2) is 24.8 Å². The highest BCUT2D eigenvalue weighted by Gasteiger charge is 2.34. The van der Waals surface area contributed by atoms with Gasteiger partial charge in [0.15, 0.2) is 11.6 Å². The van der Waals surface area contributed by atoms with Gasteiger partial charge in [0, 0.05) is 0 Å². The van der Waals surface area contributed by atoms with Gasteiger partial charge in [0.2, 0.25) is 5.75 Å². The molecule has 6 heteroatoms. The van der Waals surface area contributed by atoms with Crippen molar-refractivity contribution in [2.75, 3.05) is 0 Å². The number of hydrogen-bond donors (Lipinski definition) is 0. The van der Waals surface area contributed by atoms with Crippen molar-refractivity contribution in [2.45, 2.75) is 57.7 Å². The fraction of sp³-hybridized carbons (Fsp3) is 0.579. The predicted molar refractivity (Wildman–Crippen MR) is 86.2 cm³/mol. The standard InChI is InChI=1S/C19H23F5O/c1-2-3-4-13-5-7-14(8-6-13)9-10-15-11-16(20)18(17(21)12-15)25-19(22,23)24/h2,11-14H,1,3-10H2/t13-,14-. The molecular weight excluding hydrogens is 339 g/mol. The van der Waals surface area contributed by atoms with Crippen LogP contribution in [-0.2, 0) is 6.42 Å². The highest BCUT2D eigenvalue weighted by molar-refractivity contribution is 5.31. The molecule has 1 aromatic carbocycles. The summed E-state index contributed by atoms with van der Waals surface area (Å²) in [5.74, 6) is -2.81. The first-order valence-corrected chi connectivity index (χ1v) is 8.63. The summed E-state index contributed by atoms with van der Waals surface area (Å²) in [4.78, 5) is 0. The van der Waals surface area contributed by atoms with Crippen molar-refractivity contribution in [2.24, 2.45) is 11.8 Å². The molecule has 0 saturated heterocycles. The highest BCUT2D eigenvalue weighted by atomic mass is 19.4. The maximum atomic E-state index is 13.7. The minimum atomic E-state index is -5.12. The first-order chi connectivity index (χ1) is 11.8. The molecule has 0 amide bonds. The Morgan fingerprint density at radius 1 is 1.00 bits per heavy atom. The Morgan fingerprint density at radius 2 is 1.52 bits per heavy atom. The SMILES string of the molecule is C=CCC[C@H]1CC[C@H](CCc2cc(F)c(OC(F)(F)F)c(F)c2)CC1. The topological polar surface area (TPSA) is 9.23 Å². The summed E-state index contributed by atoms with van der Waals surface area (Å²) in [6.45, 7) is 3.73. The number of benzene rings is 1. The molecule has 1 aromatic rings. The number of aryl methyl sites for hydroxylation is 1. The second-order valence-electron chi connectivity index (χ2n) is 6.73. The van der Waals surface area contributed by atoms with Crippen LogP contribution in [0.25, 0.3) is 0 Å². The van der Waals surface area contributed by atoms with Gasteiger partial charge in [-0.15, -0.1) is 19.8 Å². The van der Waals surface area contributed by atoms with Crippen molar-refractivity contribution < 1.29 is 26.7 Å². The molecule has 0 heterocycles. The van der Waals surface area contributed by atoms with Gasteiger partial charge in [-0.05, 0) is 55.2 Å². The fourth-order valence-electron chi connectivity index (χ4n) is 3.50. The van der Waals surface area contributed by atoms with Gasteiger partial charge in [-0.1, -0.05) is 31.8 Å². The van der Waals surface area contributed by atoms with Gasteiger partial charge >= 0.3 is 6.36 Å². The minimum Gasteiger partial charge on any atom is -0.399 e. The fourth-order valence-corrected chi connectivity index (χ4v) is 3.50. The van der Waals surface area contributed by atoms with E-state index in [0.717, 1.165) is 63.0 Å². The minimum absolute atomic E-state index is 0.360. The molecule has 0 aromatic heterocycles. The van der Waals surface area contributed by atoms with Crippen molar-refractivity contribution in [1.82, 2.24) is 0 Å². The summed E-state index contributed by atoms with van der Waals surface area (Å²) in [5, 5.41) is 0. The zero-order chi connectivity index (χ0) is 18.4. The van der Waals surface area contributed by atoms with Crippen LogP contribution in [-0.4, -0.2) is 6.36 Å². The summed E-state index contributed by atoms with van der Waals surface area (Å²) < 4.78 is 67.2. The van der Waals surface area contributed by atoms with E-state index in [1.165, 1.54) is 0 Å². The average Bonchev–Trinajstić information content (AvgIpc) is 2.54. The molecule has 2 rings (SSSR count). The van der Waals surface area contributed by atoms with Crippen LogP contribution in [0.5, 0.6) is 5.75 Å². The number of ether oxygens (including phenoxy) is 1. The molecule has 0 unspecified atom stereocenters. The van der Waals surface area contributed by atoms with Crippen molar-refractivity contribution in [1.29, 1.82) is 0 Å². The molecule has 1 aliphatic rings. The lowest BCUT2D eigenvalue weighted by molar-refractivity contribution is -0.276. The smallest absolute Gasteiger partial charge is 0.399 e. The maximum absolute atomic E-state index is 13.7. The van der Waals surface area contributed by atoms with E-state index in [2.05, 4.69) is 11.3 Å². The van der Waals surface area contributed by atoms with Gasteiger partial charge < -0.3 is 4.74 Å².